The Morgan fingerprint density at radius 1 is 1.29 bits per heavy atom. The SMILES string of the molecule is CC.CC#N.O=C(Cl)c1ccccc1. The van der Waals surface area contributed by atoms with Crippen LogP contribution in [0.3, 0.4) is 0 Å². The van der Waals surface area contributed by atoms with Gasteiger partial charge in [-0.15, -0.1) is 0 Å². The van der Waals surface area contributed by atoms with Crippen LogP contribution in [-0.2, 0) is 0 Å². The zero-order chi connectivity index (χ0) is 11.4. The molecule has 3 heteroatoms. The maximum Gasteiger partial charge on any atom is 0.252 e. The first-order valence-corrected chi connectivity index (χ1v) is 4.66. The molecule has 0 aliphatic heterocycles. The van der Waals surface area contributed by atoms with E-state index in [0.717, 1.165) is 0 Å². The Kier molecular flexibility index (Phi) is 12.6. The fourth-order valence-corrected chi connectivity index (χ4v) is 0.695. The number of hydrogen-bond donors (Lipinski definition) is 0. The average Bonchev–Trinajstić information content (AvgIpc) is 2.23. The van der Waals surface area contributed by atoms with E-state index in [4.69, 9.17) is 16.9 Å². The second-order valence-corrected chi connectivity index (χ2v) is 2.21. The third kappa shape index (κ3) is 8.76. The third-order valence-corrected chi connectivity index (χ3v) is 1.22. The molecule has 0 spiro atoms. The summed E-state index contributed by atoms with van der Waals surface area (Å²) in [5.41, 5.74) is 0.541. The van der Waals surface area contributed by atoms with Gasteiger partial charge in [-0.25, -0.2) is 0 Å². The fraction of sp³-hybridized carbons (Fsp3) is 0.273. The molecule has 0 N–H and O–H groups in total. The van der Waals surface area contributed by atoms with Crippen molar-refractivity contribution in [2.75, 3.05) is 0 Å². The molecule has 0 aliphatic rings. The normalized spacial score (nSPS) is 6.79. The minimum absolute atomic E-state index is 0.407. The van der Waals surface area contributed by atoms with E-state index in [-0.39, 0.29) is 0 Å². The van der Waals surface area contributed by atoms with Crippen LogP contribution in [0.2, 0.25) is 0 Å². The number of rotatable bonds is 1. The Morgan fingerprint density at radius 2 is 1.64 bits per heavy atom. The van der Waals surface area contributed by atoms with Crippen LogP contribution in [0.5, 0.6) is 0 Å². The van der Waals surface area contributed by atoms with Gasteiger partial charge >= 0.3 is 0 Å². The van der Waals surface area contributed by atoms with Gasteiger partial charge in [0, 0.05) is 12.5 Å². The van der Waals surface area contributed by atoms with Gasteiger partial charge < -0.3 is 0 Å². The van der Waals surface area contributed by atoms with Crippen molar-refractivity contribution in [1.29, 1.82) is 5.26 Å². The van der Waals surface area contributed by atoms with Crippen molar-refractivity contribution in [2.45, 2.75) is 20.8 Å². The second-order valence-electron chi connectivity index (χ2n) is 1.86. The van der Waals surface area contributed by atoms with Crippen LogP contribution in [0.1, 0.15) is 31.1 Å². The average molecular weight is 212 g/mol. The summed E-state index contributed by atoms with van der Waals surface area (Å²) in [6.45, 7) is 5.43. The molecule has 0 unspecified atom stereocenters. The van der Waals surface area contributed by atoms with Crippen molar-refractivity contribution in [1.82, 2.24) is 0 Å². The summed E-state index contributed by atoms with van der Waals surface area (Å²) < 4.78 is 0. The standard InChI is InChI=1S/C7H5ClO.C2H3N.C2H6/c8-7(9)6-4-2-1-3-5-6;1-2-3;1-2/h1-5H;1H3;1-2H3. The zero-order valence-electron chi connectivity index (χ0n) is 8.62. The van der Waals surface area contributed by atoms with Gasteiger partial charge in [0.05, 0.1) is 6.07 Å². The van der Waals surface area contributed by atoms with E-state index < -0.39 is 5.24 Å². The predicted octanol–water partition coefficient (Wildman–Crippen LogP) is 3.62. The molecule has 1 aromatic rings. The Bertz CT molecular complexity index is 277. The minimum atomic E-state index is -0.407. The van der Waals surface area contributed by atoms with Gasteiger partial charge in [-0.1, -0.05) is 44.2 Å². The molecule has 0 amide bonds. The summed E-state index contributed by atoms with van der Waals surface area (Å²) in [4.78, 5) is 10.4. The summed E-state index contributed by atoms with van der Waals surface area (Å²) in [5, 5.41) is 6.91. The molecule has 1 rings (SSSR count). The molecule has 0 aliphatic carbocycles. The van der Waals surface area contributed by atoms with E-state index in [0.29, 0.717) is 5.56 Å². The molecule has 1 aromatic carbocycles. The second kappa shape index (κ2) is 11.7. The molecule has 76 valence electrons. The van der Waals surface area contributed by atoms with Crippen molar-refractivity contribution in [3.05, 3.63) is 35.9 Å². The summed E-state index contributed by atoms with van der Waals surface area (Å²) in [7, 11) is 0. The van der Waals surface area contributed by atoms with Crippen molar-refractivity contribution >= 4 is 16.8 Å². The van der Waals surface area contributed by atoms with Crippen LogP contribution < -0.4 is 0 Å². The molecule has 0 heterocycles. The van der Waals surface area contributed by atoms with Crippen LogP contribution in [0.4, 0.5) is 0 Å². The number of nitriles is 1. The Hall–Kier alpha value is -1.33. The molecule has 0 fully saturated rings. The first-order chi connectivity index (χ1) is 6.72. The van der Waals surface area contributed by atoms with Gasteiger partial charge in [0.25, 0.3) is 5.24 Å². The minimum Gasteiger partial charge on any atom is -0.276 e. The molecule has 2 nitrogen and oxygen atoms in total. The highest BCUT2D eigenvalue weighted by Crippen LogP contribution is 2.01. The largest absolute Gasteiger partial charge is 0.276 e. The Labute approximate surface area is 90.1 Å². The number of hydrogen-bond acceptors (Lipinski definition) is 2. The summed E-state index contributed by atoms with van der Waals surface area (Å²) in [5.74, 6) is 0. The van der Waals surface area contributed by atoms with Crippen molar-refractivity contribution in [2.24, 2.45) is 0 Å². The van der Waals surface area contributed by atoms with Gasteiger partial charge in [-0.2, -0.15) is 5.26 Å². The van der Waals surface area contributed by atoms with E-state index in [1.54, 1.807) is 30.3 Å². The van der Waals surface area contributed by atoms with Crippen LogP contribution in [0.25, 0.3) is 0 Å². The Morgan fingerprint density at radius 3 is 1.86 bits per heavy atom. The topological polar surface area (TPSA) is 40.9 Å². The van der Waals surface area contributed by atoms with Crippen molar-refractivity contribution < 1.29 is 4.79 Å². The van der Waals surface area contributed by atoms with Crippen LogP contribution in [-0.4, -0.2) is 5.24 Å². The van der Waals surface area contributed by atoms with Gasteiger partial charge in [-0.05, 0) is 11.6 Å². The summed E-state index contributed by atoms with van der Waals surface area (Å²) in [6, 6.07) is 10.5. The number of carbonyl (C=O) groups excluding carboxylic acids is 1. The van der Waals surface area contributed by atoms with E-state index >= 15 is 0 Å². The van der Waals surface area contributed by atoms with Gasteiger partial charge in [0.2, 0.25) is 0 Å². The lowest BCUT2D eigenvalue weighted by atomic mass is 10.2. The summed E-state index contributed by atoms with van der Waals surface area (Å²) >= 11 is 5.16. The highest BCUT2D eigenvalue weighted by molar-refractivity contribution is 6.67. The number of carbonyl (C=O) groups is 1. The molecular formula is C11H14ClNO. The smallest absolute Gasteiger partial charge is 0.252 e. The van der Waals surface area contributed by atoms with Crippen molar-refractivity contribution in [3.63, 3.8) is 0 Å². The van der Waals surface area contributed by atoms with Crippen LogP contribution in [0.15, 0.2) is 30.3 Å². The molecule has 0 bridgehead atoms. The quantitative estimate of drug-likeness (QED) is 0.666. The lowest BCUT2D eigenvalue weighted by Gasteiger charge is -1.87. The molecule has 0 aromatic heterocycles. The lowest BCUT2D eigenvalue weighted by Crippen LogP contribution is -1.84. The maximum absolute atomic E-state index is 10.4. The van der Waals surface area contributed by atoms with E-state index in [1.807, 2.05) is 19.9 Å². The van der Waals surface area contributed by atoms with Crippen molar-refractivity contribution in [3.8, 4) is 6.07 Å². The number of nitrogens with zero attached hydrogens (tertiary/aromatic N) is 1. The first-order valence-electron chi connectivity index (χ1n) is 4.28. The third-order valence-electron chi connectivity index (χ3n) is 1.00. The summed E-state index contributed by atoms with van der Waals surface area (Å²) in [6.07, 6.45) is 0. The monoisotopic (exact) mass is 211 g/mol. The van der Waals surface area contributed by atoms with E-state index in [2.05, 4.69) is 0 Å². The maximum atomic E-state index is 10.4. The lowest BCUT2D eigenvalue weighted by molar-refractivity contribution is 0.108. The van der Waals surface area contributed by atoms with E-state index in [9.17, 15) is 4.79 Å². The number of halogens is 1. The highest BCUT2D eigenvalue weighted by Gasteiger charge is 1.95. The highest BCUT2D eigenvalue weighted by atomic mass is 35.5. The van der Waals surface area contributed by atoms with E-state index in [1.165, 1.54) is 6.92 Å². The molecule has 0 radical (unpaired) electrons. The molecular weight excluding hydrogens is 198 g/mol. The molecule has 0 saturated carbocycles. The first kappa shape index (κ1) is 15.2. The van der Waals surface area contributed by atoms with Gasteiger partial charge in [0.1, 0.15) is 0 Å². The van der Waals surface area contributed by atoms with Crippen LogP contribution in [0, 0.1) is 11.3 Å². The number of benzene rings is 1. The zero-order valence-corrected chi connectivity index (χ0v) is 9.38. The molecule has 14 heavy (non-hydrogen) atoms. The predicted molar refractivity (Wildman–Crippen MR) is 59.3 cm³/mol. The Balaban J connectivity index is 0. The fourth-order valence-electron chi connectivity index (χ4n) is 0.569. The molecule has 0 saturated heterocycles. The van der Waals surface area contributed by atoms with Gasteiger partial charge in [-0.3, -0.25) is 4.79 Å². The van der Waals surface area contributed by atoms with Gasteiger partial charge in [0.15, 0.2) is 0 Å². The van der Waals surface area contributed by atoms with Crippen LogP contribution >= 0.6 is 11.6 Å². The molecule has 0 atom stereocenters.